The molecule has 0 saturated heterocycles. The molecular weight excluding hydrogens is 781 g/mol. The summed E-state index contributed by atoms with van der Waals surface area (Å²) in [5, 5.41) is 6.63. The van der Waals surface area contributed by atoms with Gasteiger partial charge in [0.2, 0.25) is 0 Å². The summed E-state index contributed by atoms with van der Waals surface area (Å²) in [5.74, 6) is 0. The van der Waals surface area contributed by atoms with Gasteiger partial charge in [-0.15, -0.1) is 0 Å². The normalized spacial score (nSPS) is 11.8. The van der Waals surface area contributed by atoms with Crippen molar-refractivity contribution in [3.63, 3.8) is 0 Å². The molecule has 0 bridgehead atoms. The van der Waals surface area contributed by atoms with E-state index in [-0.39, 0.29) is 0 Å². The van der Waals surface area contributed by atoms with Crippen LogP contribution in [0.15, 0.2) is 239 Å². The Morgan fingerprint density at radius 1 is 0.328 bits per heavy atom. The average molecular weight is 819 g/mol. The maximum Gasteiger partial charge on any atom is 0.145 e. The smallest absolute Gasteiger partial charge is 0.145 e. The Morgan fingerprint density at radius 3 is 1.64 bits per heavy atom. The first-order chi connectivity index (χ1) is 31.7. The van der Waals surface area contributed by atoms with E-state index in [2.05, 4.69) is 240 Å². The van der Waals surface area contributed by atoms with E-state index < -0.39 is 0 Å². The number of hydrogen-bond donors (Lipinski definition) is 0. The molecule has 0 N–H and O–H groups in total. The van der Waals surface area contributed by atoms with Gasteiger partial charge >= 0.3 is 0 Å². The number of benzene rings is 10. The van der Waals surface area contributed by atoms with E-state index in [1.54, 1.807) is 0 Å². The molecule has 0 saturated carbocycles. The van der Waals surface area contributed by atoms with E-state index in [9.17, 15) is 0 Å². The summed E-state index contributed by atoms with van der Waals surface area (Å²) in [5.41, 5.74) is 16.5. The predicted molar refractivity (Wildman–Crippen MR) is 266 cm³/mol. The van der Waals surface area contributed by atoms with Crippen LogP contribution in [0.4, 0.5) is 17.1 Å². The third-order valence-corrected chi connectivity index (χ3v) is 12.8. The van der Waals surface area contributed by atoms with E-state index in [1.165, 1.54) is 16.3 Å². The fourth-order valence-electron chi connectivity index (χ4n) is 9.80. The fourth-order valence-corrected chi connectivity index (χ4v) is 9.80. The highest BCUT2D eigenvalue weighted by molar-refractivity contribution is 6.19. The van der Waals surface area contributed by atoms with E-state index in [0.717, 1.165) is 105 Å². The molecule has 0 unspecified atom stereocenters. The molecule has 0 aliphatic rings. The van der Waals surface area contributed by atoms with Gasteiger partial charge in [-0.25, -0.2) is 0 Å². The predicted octanol–water partition coefficient (Wildman–Crippen LogP) is 17.1. The van der Waals surface area contributed by atoms with Crippen molar-refractivity contribution < 1.29 is 8.83 Å². The molecule has 13 rings (SSSR count). The minimum absolute atomic E-state index is 0.838. The number of rotatable bonds is 7. The molecule has 0 atom stereocenters. The SMILES string of the molecule is c1ccc(-c2ccc3c(c2)oc2c(-c4ccccc4)ccc(N(c4ccc5oc6ccc(-c7ccccc7)cc6c5c4)c4ccc5c6ccccc6n(-c6ccccc6)c5c4)c23)cc1. The van der Waals surface area contributed by atoms with Crippen LogP contribution in [-0.4, -0.2) is 4.57 Å². The lowest BCUT2D eigenvalue weighted by Gasteiger charge is -2.27. The Bertz CT molecular complexity index is 3880. The van der Waals surface area contributed by atoms with Crippen molar-refractivity contribution in [2.45, 2.75) is 0 Å². The zero-order valence-corrected chi connectivity index (χ0v) is 34.7. The quantitative estimate of drug-likeness (QED) is 0.161. The first-order valence-electron chi connectivity index (χ1n) is 21.7. The molecule has 13 aromatic rings. The highest BCUT2D eigenvalue weighted by Crippen LogP contribution is 2.48. The fraction of sp³-hybridized carbons (Fsp3) is 0. The molecule has 0 spiro atoms. The zero-order valence-electron chi connectivity index (χ0n) is 34.7. The average Bonchev–Trinajstić information content (AvgIpc) is 4.04. The summed E-state index contributed by atoms with van der Waals surface area (Å²) in [6.45, 7) is 0. The highest BCUT2D eigenvalue weighted by Gasteiger charge is 2.25. The second kappa shape index (κ2) is 14.5. The van der Waals surface area contributed by atoms with E-state index in [1.807, 2.05) is 0 Å². The van der Waals surface area contributed by atoms with Crippen molar-refractivity contribution in [2.75, 3.05) is 4.90 Å². The Balaban J connectivity index is 1.11. The first kappa shape index (κ1) is 36.1. The summed E-state index contributed by atoms with van der Waals surface area (Å²) in [6.07, 6.45) is 0. The van der Waals surface area contributed by atoms with E-state index in [0.29, 0.717) is 0 Å². The van der Waals surface area contributed by atoms with Gasteiger partial charge in [0.05, 0.1) is 22.1 Å². The molecular formula is C60H38N2O2. The lowest BCUT2D eigenvalue weighted by atomic mass is 9.98. The molecule has 3 aromatic heterocycles. The summed E-state index contributed by atoms with van der Waals surface area (Å²) >= 11 is 0. The lowest BCUT2D eigenvalue weighted by molar-refractivity contribution is 0.669. The van der Waals surface area contributed by atoms with Crippen molar-refractivity contribution in [1.29, 1.82) is 0 Å². The standard InChI is InChI=1S/C60H38N2O2/c1-5-15-39(16-6-1)42-26-33-56-51(35-42)52-37-45(28-34-57(52)63-56)61(46-27-30-49-48-23-13-14-24-53(48)62(55(49)38-46)44-21-11-4-12-22-44)54-32-31-47(41-19-9-3-10-20-41)60-59(54)50-29-25-43(36-58(50)64-60)40-17-7-2-8-18-40/h1-38H. The van der Waals surface area contributed by atoms with Gasteiger partial charge in [0.25, 0.3) is 0 Å². The number of anilines is 3. The Hall–Kier alpha value is -8.60. The monoisotopic (exact) mass is 818 g/mol. The van der Waals surface area contributed by atoms with Gasteiger partial charge in [-0.1, -0.05) is 146 Å². The topological polar surface area (TPSA) is 34.5 Å². The van der Waals surface area contributed by atoms with Crippen LogP contribution in [0.5, 0.6) is 0 Å². The summed E-state index contributed by atoms with van der Waals surface area (Å²) < 4.78 is 16.0. The molecule has 300 valence electrons. The second-order valence-corrected chi connectivity index (χ2v) is 16.5. The van der Waals surface area contributed by atoms with Gasteiger partial charge in [0.1, 0.15) is 22.3 Å². The van der Waals surface area contributed by atoms with Crippen LogP contribution in [0.2, 0.25) is 0 Å². The summed E-state index contributed by atoms with van der Waals surface area (Å²) in [6, 6.07) is 82.1. The van der Waals surface area contributed by atoms with Crippen LogP contribution < -0.4 is 4.90 Å². The van der Waals surface area contributed by atoms with Crippen LogP contribution in [-0.2, 0) is 0 Å². The zero-order chi connectivity index (χ0) is 42.1. The van der Waals surface area contributed by atoms with Crippen LogP contribution in [0, 0.1) is 0 Å². The molecule has 3 heterocycles. The molecule has 4 heteroatoms. The highest BCUT2D eigenvalue weighted by atomic mass is 16.3. The number of hydrogen-bond acceptors (Lipinski definition) is 3. The number of aromatic nitrogens is 1. The largest absolute Gasteiger partial charge is 0.456 e. The van der Waals surface area contributed by atoms with Crippen LogP contribution >= 0.6 is 0 Å². The molecule has 0 radical (unpaired) electrons. The maximum atomic E-state index is 7.07. The molecule has 0 amide bonds. The van der Waals surface area contributed by atoms with Crippen molar-refractivity contribution >= 4 is 82.7 Å². The van der Waals surface area contributed by atoms with Crippen LogP contribution in [0.25, 0.3) is 105 Å². The van der Waals surface area contributed by atoms with Crippen molar-refractivity contribution in [1.82, 2.24) is 4.57 Å². The van der Waals surface area contributed by atoms with Gasteiger partial charge in [0.15, 0.2) is 0 Å². The molecule has 64 heavy (non-hydrogen) atoms. The third kappa shape index (κ3) is 5.77. The number of fused-ring (bicyclic) bond motifs is 9. The molecule has 0 fully saturated rings. The number of nitrogens with zero attached hydrogens (tertiary/aromatic N) is 2. The van der Waals surface area contributed by atoms with E-state index >= 15 is 0 Å². The number of para-hydroxylation sites is 2. The van der Waals surface area contributed by atoms with Crippen molar-refractivity contribution in [2.24, 2.45) is 0 Å². The minimum Gasteiger partial charge on any atom is -0.456 e. The summed E-state index contributed by atoms with van der Waals surface area (Å²) in [4.78, 5) is 2.41. The lowest BCUT2D eigenvalue weighted by Crippen LogP contribution is -2.10. The van der Waals surface area contributed by atoms with Crippen molar-refractivity contribution in [3.8, 4) is 39.1 Å². The van der Waals surface area contributed by atoms with Gasteiger partial charge in [-0.2, -0.15) is 0 Å². The molecule has 10 aromatic carbocycles. The number of furan rings is 2. The third-order valence-electron chi connectivity index (χ3n) is 12.8. The maximum absolute atomic E-state index is 7.07. The van der Waals surface area contributed by atoms with Crippen LogP contribution in [0.1, 0.15) is 0 Å². The van der Waals surface area contributed by atoms with Gasteiger partial charge in [-0.3, -0.25) is 0 Å². The van der Waals surface area contributed by atoms with Crippen molar-refractivity contribution in [3.05, 3.63) is 231 Å². The van der Waals surface area contributed by atoms with Gasteiger partial charge < -0.3 is 18.3 Å². The Kier molecular flexibility index (Phi) is 8.18. The Morgan fingerprint density at radius 2 is 0.891 bits per heavy atom. The van der Waals surface area contributed by atoms with Gasteiger partial charge in [0, 0.05) is 49.6 Å². The molecule has 0 aliphatic carbocycles. The first-order valence-corrected chi connectivity index (χ1v) is 21.7. The second-order valence-electron chi connectivity index (χ2n) is 16.5. The molecule has 4 nitrogen and oxygen atoms in total. The van der Waals surface area contributed by atoms with Gasteiger partial charge in [-0.05, 0) is 113 Å². The Labute approximate surface area is 369 Å². The molecule has 0 aliphatic heterocycles. The van der Waals surface area contributed by atoms with E-state index in [4.69, 9.17) is 8.83 Å². The van der Waals surface area contributed by atoms with Crippen LogP contribution in [0.3, 0.4) is 0 Å². The minimum atomic E-state index is 0.838. The summed E-state index contributed by atoms with van der Waals surface area (Å²) in [7, 11) is 0.